The summed E-state index contributed by atoms with van der Waals surface area (Å²) >= 11 is 1.44. The summed E-state index contributed by atoms with van der Waals surface area (Å²) in [4.78, 5) is 29.8. The SMILES string of the molecule is CCCCN1CSc2c1cc1c(c(O)c(N(CC)CC)c(=O)n1C1CC1)c2[N+](=O)[O-]. The van der Waals surface area contributed by atoms with Crippen LogP contribution < -0.4 is 15.4 Å². The zero-order valence-electron chi connectivity index (χ0n) is 17.7. The number of aromatic nitrogens is 1. The van der Waals surface area contributed by atoms with Gasteiger partial charge in [0.1, 0.15) is 16.0 Å². The Balaban J connectivity index is 2.09. The highest BCUT2D eigenvalue weighted by Crippen LogP contribution is 2.52. The molecule has 162 valence electrons. The van der Waals surface area contributed by atoms with Gasteiger partial charge in [-0.1, -0.05) is 25.1 Å². The summed E-state index contributed by atoms with van der Waals surface area (Å²) in [5.74, 6) is 0.377. The van der Waals surface area contributed by atoms with Crippen LogP contribution in [0.15, 0.2) is 15.8 Å². The normalized spacial score (nSPS) is 15.6. The molecule has 0 saturated heterocycles. The molecule has 30 heavy (non-hydrogen) atoms. The van der Waals surface area contributed by atoms with Gasteiger partial charge >= 0.3 is 0 Å². The van der Waals surface area contributed by atoms with Crippen LogP contribution >= 0.6 is 11.8 Å². The molecular formula is C21H28N4O4S. The standard InChI is InChI=1S/C21H28N4O4S/c1-4-7-10-23-12-30-20-15(23)11-14-16(17(20)25(28)29)19(26)18(22(5-2)6-3)21(27)24(14)13-8-9-13/h11,13,26H,4-10,12H2,1-3H3. The number of aromatic hydroxyl groups is 1. The maximum Gasteiger partial charge on any atom is 0.298 e. The van der Waals surface area contributed by atoms with Gasteiger partial charge in [-0.3, -0.25) is 14.9 Å². The second kappa shape index (κ2) is 8.02. The number of unbranched alkanes of at least 4 members (excludes halogenated alkanes) is 1. The molecule has 2 aliphatic rings. The lowest BCUT2D eigenvalue weighted by molar-refractivity contribution is -0.385. The van der Waals surface area contributed by atoms with Crippen molar-refractivity contribution >= 4 is 39.7 Å². The van der Waals surface area contributed by atoms with E-state index in [4.69, 9.17) is 0 Å². The Labute approximate surface area is 179 Å². The highest BCUT2D eigenvalue weighted by atomic mass is 32.2. The van der Waals surface area contributed by atoms with Crippen molar-refractivity contribution in [3.05, 3.63) is 26.5 Å². The van der Waals surface area contributed by atoms with E-state index in [0.29, 0.717) is 29.4 Å². The number of nitrogens with zero attached hydrogens (tertiary/aromatic N) is 4. The van der Waals surface area contributed by atoms with Crippen LogP contribution in [0.2, 0.25) is 0 Å². The van der Waals surface area contributed by atoms with Crippen molar-refractivity contribution in [1.82, 2.24) is 4.57 Å². The van der Waals surface area contributed by atoms with Gasteiger partial charge in [-0.25, -0.2) is 0 Å². The Hall–Kier alpha value is -2.42. The van der Waals surface area contributed by atoms with Gasteiger partial charge in [0.2, 0.25) is 0 Å². The van der Waals surface area contributed by atoms with Crippen LogP contribution in [0.4, 0.5) is 17.1 Å². The number of hydrogen-bond donors (Lipinski definition) is 1. The van der Waals surface area contributed by atoms with Crippen LogP contribution in [0.25, 0.3) is 10.9 Å². The molecule has 0 bridgehead atoms. The molecule has 2 heterocycles. The van der Waals surface area contributed by atoms with E-state index in [9.17, 15) is 20.0 Å². The van der Waals surface area contributed by atoms with Gasteiger partial charge in [0, 0.05) is 25.7 Å². The summed E-state index contributed by atoms with van der Waals surface area (Å²) in [6, 6.07) is 1.92. The Kier molecular flexibility index (Phi) is 5.57. The predicted octanol–water partition coefficient (Wildman–Crippen LogP) is 4.47. The Bertz CT molecular complexity index is 1060. The molecule has 9 heteroatoms. The van der Waals surface area contributed by atoms with Gasteiger partial charge in [-0.15, -0.1) is 0 Å². The van der Waals surface area contributed by atoms with Crippen molar-refractivity contribution in [3.8, 4) is 5.75 Å². The molecule has 0 radical (unpaired) electrons. The van der Waals surface area contributed by atoms with Crippen LogP contribution in [0.3, 0.4) is 0 Å². The van der Waals surface area contributed by atoms with E-state index >= 15 is 0 Å². The van der Waals surface area contributed by atoms with Crippen molar-refractivity contribution < 1.29 is 10.0 Å². The van der Waals surface area contributed by atoms with E-state index in [-0.39, 0.29) is 34.1 Å². The molecular weight excluding hydrogens is 404 g/mol. The van der Waals surface area contributed by atoms with Crippen molar-refractivity contribution in [2.75, 3.05) is 35.3 Å². The van der Waals surface area contributed by atoms with Crippen molar-refractivity contribution in [2.45, 2.75) is 57.4 Å². The number of hydrogen-bond acceptors (Lipinski definition) is 7. The fourth-order valence-corrected chi connectivity index (χ4v) is 5.51. The third kappa shape index (κ3) is 3.19. The first-order valence-corrected chi connectivity index (χ1v) is 11.7. The van der Waals surface area contributed by atoms with Crippen LogP contribution in [0, 0.1) is 10.1 Å². The summed E-state index contributed by atoms with van der Waals surface area (Å²) in [6.45, 7) is 7.82. The second-order valence-electron chi connectivity index (χ2n) is 7.89. The van der Waals surface area contributed by atoms with Gasteiger partial charge in [0.25, 0.3) is 11.2 Å². The molecule has 1 aromatic carbocycles. The lowest BCUT2D eigenvalue weighted by Crippen LogP contribution is -2.32. The molecule has 1 aromatic heterocycles. The fraction of sp³-hybridized carbons (Fsp3) is 0.571. The molecule has 1 N–H and O–H groups in total. The molecule has 1 aliphatic carbocycles. The third-order valence-electron chi connectivity index (χ3n) is 6.02. The van der Waals surface area contributed by atoms with E-state index in [2.05, 4.69) is 11.8 Å². The summed E-state index contributed by atoms with van der Waals surface area (Å²) in [6.07, 6.45) is 3.77. The molecule has 0 spiro atoms. The second-order valence-corrected chi connectivity index (χ2v) is 8.85. The lowest BCUT2D eigenvalue weighted by Gasteiger charge is -2.25. The van der Waals surface area contributed by atoms with Gasteiger partial charge in [-0.05, 0) is 39.2 Å². The summed E-state index contributed by atoms with van der Waals surface area (Å²) in [7, 11) is 0. The fourth-order valence-electron chi connectivity index (χ4n) is 4.31. The van der Waals surface area contributed by atoms with Crippen LogP contribution in [-0.2, 0) is 0 Å². The minimum absolute atomic E-state index is 0.0331. The zero-order chi connectivity index (χ0) is 21.6. The van der Waals surface area contributed by atoms with Crippen molar-refractivity contribution in [1.29, 1.82) is 0 Å². The maximum absolute atomic E-state index is 13.5. The van der Waals surface area contributed by atoms with Gasteiger partial charge < -0.3 is 19.5 Å². The first-order chi connectivity index (χ1) is 14.4. The third-order valence-corrected chi connectivity index (χ3v) is 7.15. The van der Waals surface area contributed by atoms with Crippen molar-refractivity contribution in [2.24, 2.45) is 0 Å². The number of nitro groups is 1. The van der Waals surface area contributed by atoms with E-state index in [1.165, 1.54) is 11.8 Å². The molecule has 4 rings (SSSR count). The Morgan fingerprint density at radius 3 is 2.57 bits per heavy atom. The smallest absolute Gasteiger partial charge is 0.298 e. The Morgan fingerprint density at radius 1 is 1.30 bits per heavy atom. The first-order valence-electron chi connectivity index (χ1n) is 10.7. The first kappa shape index (κ1) is 20.8. The minimum Gasteiger partial charge on any atom is -0.505 e. The number of pyridine rings is 1. The van der Waals surface area contributed by atoms with E-state index in [1.54, 1.807) is 9.47 Å². The molecule has 0 amide bonds. The molecule has 0 unspecified atom stereocenters. The number of anilines is 2. The van der Waals surface area contributed by atoms with Crippen LogP contribution in [0.5, 0.6) is 5.75 Å². The number of benzene rings is 1. The minimum atomic E-state index is -0.398. The average Bonchev–Trinajstić information content (AvgIpc) is 3.47. The Morgan fingerprint density at radius 2 is 2.00 bits per heavy atom. The highest BCUT2D eigenvalue weighted by molar-refractivity contribution is 8.00. The number of thioether (sulfide) groups is 1. The molecule has 1 saturated carbocycles. The van der Waals surface area contributed by atoms with Gasteiger partial charge in [-0.2, -0.15) is 0 Å². The van der Waals surface area contributed by atoms with E-state index in [1.807, 2.05) is 19.9 Å². The lowest BCUT2D eigenvalue weighted by atomic mass is 10.1. The topological polar surface area (TPSA) is 91.8 Å². The zero-order valence-corrected chi connectivity index (χ0v) is 18.5. The van der Waals surface area contributed by atoms with E-state index in [0.717, 1.165) is 37.9 Å². The van der Waals surface area contributed by atoms with Gasteiger partial charge in [0.15, 0.2) is 5.75 Å². The molecule has 0 atom stereocenters. The monoisotopic (exact) mass is 432 g/mol. The average molecular weight is 433 g/mol. The largest absolute Gasteiger partial charge is 0.505 e. The van der Waals surface area contributed by atoms with Crippen LogP contribution in [0.1, 0.15) is 52.5 Å². The van der Waals surface area contributed by atoms with E-state index < -0.39 is 4.92 Å². The quantitative estimate of drug-likeness (QED) is 0.486. The van der Waals surface area contributed by atoms with Gasteiger partial charge in [0.05, 0.1) is 22.0 Å². The molecule has 1 aliphatic heterocycles. The number of rotatable bonds is 8. The van der Waals surface area contributed by atoms with Crippen LogP contribution in [-0.4, -0.2) is 40.1 Å². The summed E-state index contributed by atoms with van der Waals surface area (Å²) in [5, 5.41) is 23.6. The molecule has 1 fully saturated rings. The summed E-state index contributed by atoms with van der Waals surface area (Å²) < 4.78 is 1.69. The number of nitro benzene ring substituents is 1. The molecule has 2 aromatic rings. The summed E-state index contributed by atoms with van der Waals surface area (Å²) in [5.41, 5.74) is 1.12. The maximum atomic E-state index is 13.5. The predicted molar refractivity (Wildman–Crippen MR) is 121 cm³/mol. The number of fused-ring (bicyclic) bond motifs is 2. The molecule has 8 nitrogen and oxygen atoms in total. The highest BCUT2D eigenvalue weighted by Gasteiger charge is 2.37. The van der Waals surface area contributed by atoms with Crippen molar-refractivity contribution in [3.63, 3.8) is 0 Å².